The van der Waals surface area contributed by atoms with Gasteiger partial charge in [0.25, 0.3) is 0 Å². The Bertz CT molecular complexity index is 558. The summed E-state index contributed by atoms with van der Waals surface area (Å²) in [6, 6.07) is 0. The summed E-state index contributed by atoms with van der Waals surface area (Å²) in [4.78, 5) is 9.40. The van der Waals surface area contributed by atoms with Gasteiger partial charge < -0.3 is 15.1 Å². The molecule has 0 spiro atoms. The topological polar surface area (TPSA) is 57.2 Å². The Morgan fingerprint density at radius 3 is 2.80 bits per heavy atom. The van der Waals surface area contributed by atoms with Crippen LogP contribution < -0.4 is 10.2 Å². The summed E-state index contributed by atoms with van der Waals surface area (Å²) in [5, 5.41) is 16.4. The molecule has 1 aliphatic rings. The number of piperazine rings is 1. The predicted molar refractivity (Wildman–Crippen MR) is 84.9 cm³/mol. The highest BCUT2D eigenvalue weighted by molar-refractivity contribution is 7.19. The molecule has 108 valence electrons. The zero-order chi connectivity index (χ0) is 13.9. The fourth-order valence-electron chi connectivity index (χ4n) is 2.05. The van der Waals surface area contributed by atoms with Crippen molar-refractivity contribution in [3.8, 4) is 10.7 Å². The summed E-state index contributed by atoms with van der Waals surface area (Å²) in [6.45, 7) is 7.19. The average molecular weight is 310 g/mol. The van der Waals surface area contributed by atoms with E-state index in [9.17, 15) is 0 Å². The van der Waals surface area contributed by atoms with Gasteiger partial charge in [-0.3, -0.25) is 0 Å². The molecule has 0 bridgehead atoms. The van der Waals surface area contributed by atoms with Crippen LogP contribution in [0.1, 0.15) is 6.92 Å². The smallest absolute Gasteiger partial charge is 0.206 e. The number of aromatic nitrogens is 3. The lowest BCUT2D eigenvalue weighted by Crippen LogP contribution is -2.44. The summed E-state index contributed by atoms with van der Waals surface area (Å²) in [5.74, 6) is 0. The average Bonchev–Trinajstić information content (AvgIpc) is 3.08. The maximum absolute atomic E-state index is 4.71. The summed E-state index contributed by atoms with van der Waals surface area (Å²) in [5.41, 5.74) is 0.936. The molecule has 3 heterocycles. The number of hydrogen-bond donors (Lipinski definition) is 1. The lowest BCUT2D eigenvalue weighted by atomic mass is 10.3. The molecule has 0 saturated carbocycles. The quantitative estimate of drug-likeness (QED) is 0.930. The lowest BCUT2D eigenvalue weighted by Gasteiger charge is -2.32. The molecule has 20 heavy (non-hydrogen) atoms. The highest BCUT2D eigenvalue weighted by atomic mass is 32.1. The van der Waals surface area contributed by atoms with E-state index in [1.54, 1.807) is 22.7 Å². The van der Waals surface area contributed by atoms with Crippen LogP contribution in [0.15, 0.2) is 5.38 Å². The minimum absolute atomic E-state index is 0.858. The predicted octanol–water partition coefficient (Wildman–Crippen LogP) is 1.85. The molecule has 1 fully saturated rings. The standard InChI is InChI=1S/C12H18N6S2/c1-3-13-11-16-15-10(20-11)9-8-19-12(14-9)18-6-4-17(2)5-7-18/h8H,3-7H2,1-2H3,(H,13,16). The molecular weight excluding hydrogens is 292 g/mol. The molecule has 1 saturated heterocycles. The highest BCUT2D eigenvalue weighted by Gasteiger charge is 2.18. The zero-order valence-electron chi connectivity index (χ0n) is 11.7. The lowest BCUT2D eigenvalue weighted by molar-refractivity contribution is 0.313. The third kappa shape index (κ3) is 2.92. The molecule has 2 aromatic rings. The summed E-state index contributed by atoms with van der Waals surface area (Å²) in [6.07, 6.45) is 0. The van der Waals surface area contributed by atoms with Crippen molar-refractivity contribution in [2.75, 3.05) is 50.0 Å². The van der Waals surface area contributed by atoms with Crippen LogP contribution in [-0.4, -0.2) is 59.9 Å². The Kier molecular flexibility index (Phi) is 4.13. The van der Waals surface area contributed by atoms with E-state index < -0.39 is 0 Å². The van der Waals surface area contributed by atoms with E-state index in [0.717, 1.165) is 53.7 Å². The van der Waals surface area contributed by atoms with E-state index in [-0.39, 0.29) is 0 Å². The summed E-state index contributed by atoms with van der Waals surface area (Å²) < 4.78 is 0. The van der Waals surface area contributed by atoms with Crippen molar-refractivity contribution in [1.29, 1.82) is 0 Å². The van der Waals surface area contributed by atoms with Gasteiger partial charge in [-0.25, -0.2) is 4.98 Å². The second-order valence-corrected chi connectivity index (χ2v) is 6.56. The van der Waals surface area contributed by atoms with Crippen LogP contribution in [0.5, 0.6) is 0 Å². The van der Waals surface area contributed by atoms with E-state index in [1.165, 1.54) is 0 Å². The number of likely N-dealkylation sites (N-methyl/N-ethyl adjacent to an activating group) is 1. The normalized spacial score (nSPS) is 16.6. The van der Waals surface area contributed by atoms with Crippen LogP contribution in [0.2, 0.25) is 0 Å². The van der Waals surface area contributed by atoms with E-state index in [2.05, 4.69) is 44.7 Å². The van der Waals surface area contributed by atoms with Gasteiger partial charge in [0.1, 0.15) is 5.69 Å². The molecular formula is C12H18N6S2. The Morgan fingerprint density at radius 2 is 2.05 bits per heavy atom. The van der Waals surface area contributed by atoms with E-state index in [0.29, 0.717) is 0 Å². The van der Waals surface area contributed by atoms with Crippen LogP contribution in [0, 0.1) is 0 Å². The Labute approximate surface area is 126 Å². The van der Waals surface area contributed by atoms with Gasteiger partial charge in [-0.2, -0.15) is 0 Å². The molecule has 0 amide bonds. The number of nitrogens with zero attached hydrogens (tertiary/aromatic N) is 5. The van der Waals surface area contributed by atoms with Gasteiger partial charge in [-0.1, -0.05) is 11.3 Å². The minimum atomic E-state index is 0.858. The van der Waals surface area contributed by atoms with Crippen molar-refractivity contribution in [1.82, 2.24) is 20.1 Å². The van der Waals surface area contributed by atoms with Crippen LogP contribution in [0.4, 0.5) is 10.3 Å². The molecule has 1 N–H and O–H groups in total. The first kappa shape index (κ1) is 13.7. The largest absolute Gasteiger partial charge is 0.360 e. The zero-order valence-corrected chi connectivity index (χ0v) is 13.3. The minimum Gasteiger partial charge on any atom is -0.360 e. The number of rotatable bonds is 4. The number of hydrogen-bond acceptors (Lipinski definition) is 8. The molecule has 1 aliphatic heterocycles. The van der Waals surface area contributed by atoms with Crippen LogP contribution in [0.25, 0.3) is 10.7 Å². The molecule has 0 unspecified atom stereocenters. The SMILES string of the molecule is CCNc1nnc(-c2csc(N3CCN(C)CC3)n2)s1. The van der Waals surface area contributed by atoms with Crippen molar-refractivity contribution < 1.29 is 0 Å². The Hall–Kier alpha value is -1.25. The highest BCUT2D eigenvalue weighted by Crippen LogP contribution is 2.31. The van der Waals surface area contributed by atoms with Gasteiger partial charge in [-0.15, -0.1) is 21.5 Å². The molecule has 0 atom stereocenters. The van der Waals surface area contributed by atoms with E-state index in [1.807, 2.05) is 0 Å². The van der Waals surface area contributed by atoms with Crippen molar-refractivity contribution in [2.24, 2.45) is 0 Å². The monoisotopic (exact) mass is 310 g/mol. The van der Waals surface area contributed by atoms with Gasteiger partial charge in [0.05, 0.1) is 0 Å². The van der Waals surface area contributed by atoms with Crippen LogP contribution in [0.3, 0.4) is 0 Å². The third-order valence-corrected chi connectivity index (χ3v) is 5.04. The second kappa shape index (κ2) is 6.02. The van der Waals surface area contributed by atoms with Gasteiger partial charge in [-0.05, 0) is 14.0 Å². The van der Waals surface area contributed by atoms with E-state index in [4.69, 9.17) is 4.98 Å². The number of thiazole rings is 1. The molecule has 2 aromatic heterocycles. The number of nitrogens with one attached hydrogen (secondary N) is 1. The molecule has 8 heteroatoms. The van der Waals surface area contributed by atoms with Crippen LogP contribution >= 0.6 is 22.7 Å². The van der Waals surface area contributed by atoms with Gasteiger partial charge in [0.15, 0.2) is 10.1 Å². The maximum Gasteiger partial charge on any atom is 0.206 e. The first-order chi connectivity index (χ1) is 9.76. The molecule has 0 radical (unpaired) electrons. The fraction of sp³-hybridized carbons (Fsp3) is 0.583. The van der Waals surface area contributed by atoms with Crippen molar-refractivity contribution >= 4 is 32.9 Å². The molecule has 0 aliphatic carbocycles. The van der Waals surface area contributed by atoms with Crippen molar-refractivity contribution in [3.05, 3.63) is 5.38 Å². The third-order valence-electron chi connectivity index (χ3n) is 3.24. The summed E-state index contributed by atoms with van der Waals surface area (Å²) >= 11 is 3.24. The summed E-state index contributed by atoms with van der Waals surface area (Å²) in [7, 11) is 2.16. The van der Waals surface area contributed by atoms with Crippen LogP contribution in [-0.2, 0) is 0 Å². The molecule has 3 rings (SSSR count). The van der Waals surface area contributed by atoms with Crippen molar-refractivity contribution in [3.63, 3.8) is 0 Å². The molecule has 6 nitrogen and oxygen atoms in total. The van der Waals surface area contributed by atoms with E-state index >= 15 is 0 Å². The first-order valence-corrected chi connectivity index (χ1v) is 8.42. The Balaban J connectivity index is 1.72. The molecule has 0 aromatic carbocycles. The van der Waals surface area contributed by atoms with Gasteiger partial charge >= 0.3 is 0 Å². The first-order valence-electron chi connectivity index (χ1n) is 6.73. The Morgan fingerprint density at radius 1 is 1.25 bits per heavy atom. The maximum atomic E-state index is 4.71. The van der Waals surface area contributed by atoms with Gasteiger partial charge in [0, 0.05) is 38.1 Å². The number of anilines is 2. The fourth-order valence-corrected chi connectivity index (χ4v) is 3.77. The van der Waals surface area contributed by atoms with Gasteiger partial charge in [0.2, 0.25) is 5.13 Å². The van der Waals surface area contributed by atoms with Crippen molar-refractivity contribution in [2.45, 2.75) is 6.92 Å². The second-order valence-electron chi connectivity index (χ2n) is 4.75.